The van der Waals surface area contributed by atoms with Gasteiger partial charge in [0.25, 0.3) is 0 Å². The summed E-state index contributed by atoms with van der Waals surface area (Å²) < 4.78 is 0. The highest BCUT2D eigenvalue weighted by Crippen LogP contribution is 2.27. The summed E-state index contributed by atoms with van der Waals surface area (Å²) in [7, 11) is 0. The monoisotopic (exact) mass is 440 g/mol. The minimum atomic E-state index is 0.109. The summed E-state index contributed by atoms with van der Waals surface area (Å²) in [6.07, 6.45) is 2.32. The number of carbonyl (C=O) groups excluding carboxylic acids is 1. The third-order valence-electron chi connectivity index (χ3n) is 5.19. The van der Waals surface area contributed by atoms with Gasteiger partial charge in [-0.1, -0.05) is 32.0 Å². The molecule has 7 heteroatoms. The number of amides is 1. The number of thiophene rings is 1. The van der Waals surface area contributed by atoms with Crippen LogP contribution in [0.15, 0.2) is 52.7 Å². The molecule has 2 N–H and O–H groups in total. The van der Waals surface area contributed by atoms with E-state index in [0.717, 1.165) is 43.0 Å². The second-order valence-electron chi connectivity index (χ2n) is 7.93. The molecule has 3 aromatic rings. The number of aromatic nitrogens is 2. The fourth-order valence-electron chi connectivity index (χ4n) is 3.71. The van der Waals surface area contributed by atoms with Gasteiger partial charge in [-0.15, -0.1) is 23.1 Å². The molecule has 0 saturated carbocycles. The molecule has 0 aliphatic carbocycles. The number of hydrogen-bond acceptors (Lipinski definition) is 5. The maximum atomic E-state index is 12.5. The molecule has 30 heavy (non-hydrogen) atoms. The number of anilines is 1. The van der Waals surface area contributed by atoms with Gasteiger partial charge >= 0.3 is 0 Å². The van der Waals surface area contributed by atoms with Crippen LogP contribution in [0.3, 0.4) is 0 Å². The van der Waals surface area contributed by atoms with Crippen LogP contribution in [0.5, 0.6) is 0 Å². The third kappa shape index (κ3) is 5.46. The molecular formula is C23H28N4OS2. The maximum absolute atomic E-state index is 12.5. The number of nitrogens with one attached hydrogen (secondary N) is 2. The molecule has 0 bridgehead atoms. The van der Waals surface area contributed by atoms with E-state index in [2.05, 4.69) is 76.0 Å². The quantitative estimate of drug-likeness (QED) is 0.510. The second-order valence-corrected chi connectivity index (χ2v) is 10.5. The van der Waals surface area contributed by atoms with Crippen LogP contribution in [0.1, 0.15) is 32.3 Å². The number of carbonyl (C=O) groups is 1. The van der Waals surface area contributed by atoms with Crippen molar-refractivity contribution < 1.29 is 4.79 Å². The van der Waals surface area contributed by atoms with E-state index in [-0.39, 0.29) is 11.9 Å². The molecule has 1 aromatic carbocycles. The Kier molecular flexibility index (Phi) is 6.79. The largest absolute Gasteiger partial charge is 0.355 e. The summed E-state index contributed by atoms with van der Waals surface area (Å²) >= 11 is 3.55. The van der Waals surface area contributed by atoms with Gasteiger partial charge in [0.15, 0.2) is 5.82 Å². The van der Waals surface area contributed by atoms with E-state index in [1.165, 1.54) is 9.77 Å². The van der Waals surface area contributed by atoms with E-state index in [1.54, 1.807) is 11.3 Å². The number of aromatic amines is 1. The summed E-state index contributed by atoms with van der Waals surface area (Å²) in [6, 6.07) is 14.9. The number of rotatable bonds is 7. The van der Waals surface area contributed by atoms with Crippen LogP contribution >= 0.6 is 23.1 Å². The smallest absolute Gasteiger partial charge is 0.224 e. The van der Waals surface area contributed by atoms with Crippen LogP contribution in [0.25, 0.3) is 10.6 Å². The lowest BCUT2D eigenvalue weighted by atomic mass is 10.0. The topological polar surface area (TPSA) is 61.0 Å². The van der Waals surface area contributed by atoms with Crippen molar-refractivity contribution in [1.82, 2.24) is 15.5 Å². The van der Waals surface area contributed by atoms with E-state index < -0.39 is 0 Å². The molecule has 0 atom stereocenters. The summed E-state index contributed by atoms with van der Waals surface area (Å²) in [4.78, 5) is 17.2. The molecule has 0 unspecified atom stereocenters. The van der Waals surface area contributed by atoms with Crippen molar-refractivity contribution in [3.8, 4) is 10.6 Å². The fraction of sp³-hybridized carbons (Fsp3) is 0.391. The zero-order valence-corrected chi connectivity index (χ0v) is 19.1. The van der Waals surface area contributed by atoms with Crippen LogP contribution in [0.2, 0.25) is 0 Å². The van der Waals surface area contributed by atoms with Crippen molar-refractivity contribution in [2.45, 2.75) is 49.3 Å². The lowest BCUT2D eigenvalue weighted by Gasteiger charge is -2.32. The number of piperidine rings is 1. The number of H-pyrrole nitrogens is 1. The summed E-state index contributed by atoms with van der Waals surface area (Å²) in [6.45, 7) is 6.18. The van der Waals surface area contributed by atoms with Crippen LogP contribution in [0, 0.1) is 0 Å². The first-order valence-corrected chi connectivity index (χ1v) is 12.2. The number of thioether (sulfide) groups is 1. The average Bonchev–Trinajstić information content (AvgIpc) is 3.41. The summed E-state index contributed by atoms with van der Waals surface area (Å²) in [5.41, 5.74) is 2.13. The highest BCUT2D eigenvalue weighted by atomic mass is 32.2. The molecule has 1 fully saturated rings. The van der Waals surface area contributed by atoms with E-state index >= 15 is 0 Å². The average molecular weight is 441 g/mol. The van der Waals surface area contributed by atoms with Gasteiger partial charge in [0.1, 0.15) is 0 Å². The molecule has 1 aliphatic heterocycles. The van der Waals surface area contributed by atoms with Crippen molar-refractivity contribution in [2.75, 3.05) is 18.0 Å². The van der Waals surface area contributed by atoms with Crippen LogP contribution in [0.4, 0.5) is 5.82 Å². The number of hydrogen-bond donors (Lipinski definition) is 2. The Morgan fingerprint density at radius 3 is 2.70 bits per heavy atom. The molecule has 1 amide bonds. The maximum Gasteiger partial charge on any atom is 0.224 e. The van der Waals surface area contributed by atoms with E-state index in [9.17, 15) is 4.79 Å². The van der Waals surface area contributed by atoms with Crippen molar-refractivity contribution in [1.29, 1.82) is 0 Å². The highest BCUT2D eigenvalue weighted by Gasteiger charge is 2.22. The van der Waals surface area contributed by atoms with Gasteiger partial charge in [-0.25, -0.2) is 0 Å². The van der Waals surface area contributed by atoms with Gasteiger partial charge in [-0.05, 0) is 42.0 Å². The number of benzene rings is 1. The first kappa shape index (κ1) is 21.0. The highest BCUT2D eigenvalue weighted by molar-refractivity contribution is 7.99. The van der Waals surface area contributed by atoms with Gasteiger partial charge < -0.3 is 10.2 Å². The van der Waals surface area contributed by atoms with Crippen LogP contribution in [-0.4, -0.2) is 40.5 Å². The first-order chi connectivity index (χ1) is 14.6. The first-order valence-electron chi connectivity index (χ1n) is 10.5. The molecule has 1 aliphatic rings. The Labute approximate surface area is 186 Å². The molecule has 3 heterocycles. The molecule has 1 saturated heterocycles. The molecule has 2 aromatic heterocycles. The third-order valence-corrected chi connectivity index (χ3v) is 7.11. The van der Waals surface area contributed by atoms with Crippen molar-refractivity contribution in [3.05, 3.63) is 53.4 Å². The van der Waals surface area contributed by atoms with Crippen molar-refractivity contribution in [2.24, 2.45) is 0 Å². The zero-order chi connectivity index (χ0) is 20.9. The Morgan fingerprint density at radius 2 is 2.03 bits per heavy atom. The van der Waals surface area contributed by atoms with Gasteiger partial charge in [0.05, 0.1) is 17.0 Å². The van der Waals surface area contributed by atoms with Gasteiger partial charge in [0.2, 0.25) is 5.91 Å². The summed E-state index contributed by atoms with van der Waals surface area (Å²) in [5, 5.41) is 13.5. The Bertz CT molecular complexity index is 942. The zero-order valence-electron chi connectivity index (χ0n) is 17.4. The minimum absolute atomic E-state index is 0.109. The van der Waals surface area contributed by atoms with Crippen molar-refractivity contribution in [3.63, 3.8) is 0 Å². The predicted molar refractivity (Wildman–Crippen MR) is 126 cm³/mol. The molecule has 5 nitrogen and oxygen atoms in total. The normalized spacial score (nSPS) is 15.0. The van der Waals surface area contributed by atoms with E-state index in [0.29, 0.717) is 11.7 Å². The Balaban J connectivity index is 1.24. The second kappa shape index (κ2) is 9.71. The summed E-state index contributed by atoms with van der Waals surface area (Å²) in [5.74, 6) is 1.10. The Morgan fingerprint density at radius 1 is 1.27 bits per heavy atom. The predicted octanol–water partition coefficient (Wildman–Crippen LogP) is 4.97. The van der Waals surface area contributed by atoms with Crippen LogP contribution in [-0.2, 0) is 11.2 Å². The SMILES string of the molecule is CC(C)Sc1ccc(CC(=O)NC2CCN(c3cc(-c4cccs4)[nH]n3)CC2)cc1. The van der Waals surface area contributed by atoms with E-state index in [4.69, 9.17) is 0 Å². The molecule has 158 valence electrons. The van der Waals surface area contributed by atoms with E-state index in [1.807, 2.05) is 17.8 Å². The van der Waals surface area contributed by atoms with Gasteiger partial charge in [0, 0.05) is 35.3 Å². The van der Waals surface area contributed by atoms with Gasteiger partial charge in [-0.3, -0.25) is 9.89 Å². The molecular weight excluding hydrogens is 412 g/mol. The number of nitrogens with zero attached hydrogens (tertiary/aromatic N) is 2. The minimum Gasteiger partial charge on any atom is -0.355 e. The Hall–Kier alpha value is -2.25. The van der Waals surface area contributed by atoms with Crippen molar-refractivity contribution >= 4 is 34.8 Å². The lowest BCUT2D eigenvalue weighted by molar-refractivity contribution is -0.121. The standard InChI is InChI=1S/C23H28N4OS2/c1-16(2)30-19-7-5-17(6-8-19)14-23(28)24-18-9-11-27(12-10-18)22-15-20(25-26-22)21-4-3-13-29-21/h3-8,13,15-16,18H,9-12,14H2,1-2H3,(H,24,28)(H,25,26). The van der Waals surface area contributed by atoms with Gasteiger partial charge in [-0.2, -0.15) is 5.10 Å². The van der Waals surface area contributed by atoms with Crippen LogP contribution < -0.4 is 10.2 Å². The lowest BCUT2D eigenvalue weighted by Crippen LogP contribution is -2.45. The molecule has 0 radical (unpaired) electrons. The molecule has 4 rings (SSSR count). The fourth-order valence-corrected chi connectivity index (χ4v) is 5.24. The molecule has 0 spiro atoms.